The monoisotopic (exact) mass is 411 g/mol. The molecule has 11 heteroatoms. The smallest absolute Gasteiger partial charge is 0.258 e. The fourth-order valence-corrected chi connectivity index (χ4v) is 3.09. The highest BCUT2D eigenvalue weighted by molar-refractivity contribution is 5.52. The van der Waals surface area contributed by atoms with Gasteiger partial charge in [0.2, 0.25) is 0 Å². The lowest BCUT2D eigenvalue weighted by atomic mass is 9.85. The molecule has 30 heavy (non-hydrogen) atoms. The summed E-state index contributed by atoms with van der Waals surface area (Å²) in [4.78, 5) is 31.9. The Bertz CT molecular complexity index is 1010. The van der Waals surface area contributed by atoms with Crippen LogP contribution in [-0.4, -0.2) is 25.4 Å². The van der Waals surface area contributed by atoms with Gasteiger partial charge in [-0.15, -0.1) is 0 Å². The van der Waals surface area contributed by atoms with E-state index in [4.69, 9.17) is 10.4 Å². The van der Waals surface area contributed by atoms with Gasteiger partial charge in [-0.25, -0.2) is 10.4 Å². The molecule has 0 saturated carbocycles. The molecule has 11 nitrogen and oxygen atoms in total. The lowest BCUT2D eigenvalue weighted by molar-refractivity contribution is -0.769. The maximum atomic E-state index is 11.0. The summed E-state index contributed by atoms with van der Waals surface area (Å²) in [5, 5.41) is 27.7. The second-order valence-electron chi connectivity index (χ2n) is 6.30. The Morgan fingerprint density at radius 3 is 1.27 bits per heavy atom. The standard InChI is InChI=1S/C19H17N5O6/c25-22(26)18-11-5-15(6-12-18)19(13-1-7-16(8-2-13)20-23(27)28)14-3-9-17(10-4-14)21-24(29)30/h1-12,19-21H,(H,27,28)(H,29,30)/q+2. The number of hydrogen-bond donors (Lipinski definition) is 4. The zero-order chi connectivity index (χ0) is 21.7. The maximum Gasteiger partial charge on any atom is 0.359 e. The average Bonchev–Trinajstić information content (AvgIpc) is 2.70. The predicted molar refractivity (Wildman–Crippen MR) is 105 cm³/mol. The van der Waals surface area contributed by atoms with Crippen molar-refractivity contribution in [2.75, 3.05) is 10.9 Å². The summed E-state index contributed by atoms with van der Waals surface area (Å²) in [6, 6.07) is 19.5. The third kappa shape index (κ3) is 4.84. The molecule has 0 atom stereocenters. The highest BCUT2D eigenvalue weighted by Gasteiger charge is 2.19. The van der Waals surface area contributed by atoms with E-state index in [1.54, 1.807) is 60.7 Å². The predicted octanol–water partition coefficient (Wildman–Crippen LogP) is 3.77. The van der Waals surface area contributed by atoms with Crippen molar-refractivity contribution in [3.63, 3.8) is 0 Å². The van der Waals surface area contributed by atoms with Gasteiger partial charge in [0.15, 0.2) is 0 Å². The second-order valence-corrected chi connectivity index (χ2v) is 6.30. The highest BCUT2D eigenvalue weighted by Crippen LogP contribution is 2.34. The Balaban J connectivity index is 2.01. The largest absolute Gasteiger partial charge is 0.359 e. The summed E-state index contributed by atoms with van der Waals surface area (Å²) in [7, 11) is 0. The molecule has 3 rings (SSSR count). The molecule has 3 aromatic carbocycles. The van der Waals surface area contributed by atoms with Crippen molar-refractivity contribution in [1.29, 1.82) is 0 Å². The van der Waals surface area contributed by atoms with Crippen LogP contribution in [0.25, 0.3) is 0 Å². The lowest BCUT2D eigenvalue weighted by Crippen LogP contribution is -2.11. The molecule has 152 valence electrons. The van der Waals surface area contributed by atoms with Crippen molar-refractivity contribution in [3.8, 4) is 0 Å². The van der Waals surface area contributed by atoms with E-state index in [1.807, 2.05) is 0 Å². The first kappa shape index (κ1) is 20.2. The molecular weight excluding hydrogens is 394 g/mol. The highest BCUT2D eigenvalue weighted by atomic mass is 16.7. The first-order chi connectivity index (χ1) is 14.3. The molecule has 0 unspecified atom stereocenters. The van der Waals surface area contributed by atoms with E-state index in [-0.39, 0.29) is 11.6 Å². The van der Waals surface area contributed by atoms with E-state index in [2.05, 4.69) is 10.9 Å². The van der Waals surface area contributed by atoms with Crippen LogP contribution >= 0.6 is 0 Å². The van der Waals surface area contributed by atoms with E-state index in [9.17, 15) is 19.9 Å². The number of anilines is 2. The Kier molecular flexibility index (Phi) is 5.82. The summed E-state index contributed by atoms with van der Waals surface area (Å²) in [6.45, 7) is 0. The van der Waals surface area contributed by atoms with Crippen LogP contribution in [0.15, 0.2) is 72.8 Å². The minimum Gasteiger partial charge on any atom is -0.258 e. The van der Waals surface area contributed by atoms with Crippen molar-refractivity contribution in [3.05, 3.63) is 109 Å². The van der Waals surface area contributed by atoms with Crippen molar-refractivity contribution < 1.29 is 25.4 Å². The van der Waals surface area contributed by atoms with Crippen molar-refractivity contribution >= 4 is 17.1 Å². The van der Waals surface area contributed by atoms with Gasteiger partial charge in [-0.05, 0) is 41.0 Å². The molecule has 0 aliphatic carbocycles. The molecule has 4 N–H and O–H groups in total. The van der Waals surface area contributed by atoms with Gasteiger partial charge >= 0.3 is 10.1 Å². The van der Waals surface area contributed by atoms with Crippen LogP contribution in [0.2, 0.25) is 0 Å². The molecular formula is C19H17N5O6+2. The molecule has 0 fully saturated rings. The van der Waals surface area contributed by atoms with Gasteiger partial charge in [-0.1, -0.05) is 47.2 Å². The Morgan fingerprint density at radius 2 is 0.967 bits per heavy atom. The average molecular weight is 411 g/mol. The zero-order valence-corrected chi connectivity index (χ0v) is 15.4. The van der Waals surface area contributed by atoms with Gasteiger partial charge in [-0.2, -0.15) is 0 Å². The molecule has 0 saturated heterocycles. The molecule has 0 radical (unpaired) electrons. The van der Waals surface area contributed by atoms with E-state index in [0.29, 0.717) is 11.4 Å². The summed E-state index contributed by atoms with van der Waals surface area (Å²) in [5.74, 6) is -0.316. The van der Waals surface area contributed by atoms with Gasteiger partial charge in [0, 0.05) is 18.1 Å². The lowest BCUT2D eigenvalue weighted by Gasteiger charge is -2.19. The molecule has 0 heterocycles. The second kappa shape index (κ2) is 8.65. The Morgan fingerprint density at radius 1 is 0.633 bits per heavy atom. The number of hydrogen-bond acceptors (Lipinski definition) is 4. The van der Waals surface area contributed by atoms with Gasteiger partial charge in [0.05, 0.1) is 4.92 Å². The van der Waals surface area contributed by atoms with E-state index < -0.39 is 15.0 Å². The Labute approximate surface area is 169 Å². The summed E-state index contributed by atoms with van der Waals surface area (Å²) in [5.41, 5.74) is 7.50. The molecule has 0 aliphatic heterocycles. The normalized spacial score (nSPS) is 10.4. The molecule has 0 aromatic heterocycles. The van der Waals surface area contributed by atoms with Gasteiger partial charge < -0.3 is 0 Å². The van der Waals surface area contributed by atoms with E-state index >= 15 is 0 Å². The maximum absolute atomic E-state index is 11.0. The number of hydrazine groups is 2. The number of nitro groups is 1. The SMILES string of the molecule is O=[N+](O)Nc1ccc(C(c2ccc(N[N+](=O)O)cc2)c2ccc([N+](=O)[O-])cc2)cc1. The first-order valence-corrected chi connectivity index (χ1v) is 8.63. The summed E-state index contributed by atoms with van der Waals surface area (Å²) in [6.07, 6.45) is 0. The fourth-order valence-electron chi connectivity index (χ4n) is 3.09. The number of nitrogens with one attached hydrogen (secondary N) is 2. The van der Waals surface area contributed by atoms with E-state index in [1.165, 1.54) is 12.1 Å². The van der Waals surface area contributed by atoms with Crippen LogP contribution in [0.5, 0.6) is 0 Å². The molecule has 0 spiro atoms. The van der Waals surface area contributed by atoms with Gasteiger partial charge in [-0.3, -0.25) is 10.1 Å². The summed E-state index contributed by atoms with van der Waals surface area (Å²) >= 11 is 0. The van der Waals surface area contributed by atoms with Crippen LogP contribution in [0.1, 0.15) is 22.6 Å². The molecule has 0 aliphatic rings. The number of benzene rings is 3. The van der Waals surface area contributed by atoms with Crippen molar-refractivity contribution in [2.45, 2.75) is 5.92 Å². The van der Waals surface area contributed by atoms with Crippen LogP contribution in [0, 0.1) is 19.9 Å². The molecule has 0 bridgehead atoms. The number of rotatable bonds is 8. The topological polar surface area (TPSA) is 148 Å². The third-order valence-corrected chi connectivity index (χ3v) is 4.37. The zero-order valence-electron chi connectivity index (χ0n) is 15.4. The number of nitrogens with zero attached hydrogens (tertiary/aromatic N) is 3. The molecule has 3 aromatic rings. The van der Waals surface area contributed by atoms with Crippen LogP contribution in [-0.2, 0) is 0 Å². The van der Waals surface area contributed by atoms with Crippen molar-refractivity contribution in [1.82, 2.24) is 0 Å². The quantitative estimate of drug-likeness (QED) is 0.249. The molecule has 0 amide bonds. The van der Waals surface area contributed by atoms with E-state index in [0.717, 1.165) is 16.7 Å². The number of non-ortho nitro benzene ring substituents is 1. The van der Waals surface area contributed by atoms with Gasteiger partial charge in [0.25, 0.3) is 5.69 Å². The van der Waals surface area contributed by atoms with Crippen molar-refractivity contribution in [2.24, 2.45) is 0 Å². The van der Waals surface area contributed by atoms with Crippen LogP contribution < -0.4 is 10.9 Å². The first-order valence-electron chi connectivity index (χ1n) is 8.63. The fraction of sp³-hybridized carbons (Fsp3) is 0.0526. The third-order valence-electron chi connectivity index (χ3n) is 4.37. The minimum absolute atomic E-state index is 0.0337. The summed E-state index contributed by atoms with van der Waals surface area (Å²) < 4.78 is 0. The number of nitro benzene ring substituents is 1. The van der Waals surface area contributed by atoms with Crippen LogP contribution in [0.4, 0.5) is 17.1 Å². The minimum atomic E-state index is -0.479. The van der Waals surface area contributed by atoms with Crippen LogP contribution in [0.3, 0.4) is 0 Å². The van der Waals surface area contributed by atoms with Gasteiger partial charge in [0.1, 0.15) is 21.2 Å². The Hall–Kier alpha value is -4.54.